The molecular weight excluding hydrogens is 295 g/mol. The number of rotatable bonds is 2. The Morgan fingerprint density at radius 2 is 1.65 bits per heavy atom. The van der Waals surface area contributed by atoms with Crippen LogP contribution in [0.4, 0.5) is 11.5 Å². The molecule has 0 atom stereocenters. The van der Waals surface area contributed by atoms with Gasteiger partial charge < -0.3 is 0 Å². The molecule has 0 aliphatic heterocycles. The van der Waals surface area contributed by atoms with Gasteiger partial charge in [-0.2, -0.15) is 0 Å². The van der Waals surface area contributed by atoms with E-state index >= 15 is 0 Å². The van der Waals surface area contributed by atoms with E-state index in [1.807, 2.05) is 17.4 Å². The largest absolute Gasteiger partial charge is 0.281 e. The van der Waals surface area contributed by atoms with Gasteiger partial charge in [0, 0.05) is 11.2 Å². The average Bonchev–Trinajstić information content (AvgIpc) is 2.73. The first-order valence-electron chi connectivity index (χ1n) is 5.95. The molecule has 2 heterocycles. The van der Waals surface area contributed by atoms with Gasteiger partial charge in [-0.25, -0.2) is 4.98 Å². The van der Waals surface area contributed by atoms with E-state index in [0.29, 0.717) is 15.9 Å². The second-order valence-corrected chi connectivity index (χ2v) is 5.15. The lowest BCUT2D eigenvalue weighted by Crippen LogP contribution is -1.82. The van der Waals surface area contributed by atoms with Crippen molar-refractivity contribution in [2.24, 2.45) is 10.2 Å². The number of halogens is 2. The van der Waals surface area contributed by atoms with E-state index in [2.05, 4.69) is 15.2 Å². The second-order valence-electron chi connectivity index (χ2n) is 4.27. The molecule has 0 saturated carbocycles. The van der Waals surface area contributed by atoms with E-state index < -0.39 is 0 Å². The summed E-state index contributed by atoms with van der Waals surface area (Å²) >= 11 is 11.8. The minimum Gasteiger partial charge on any atom is -0.281 e. The number of azo groups is 1. The molecule has 20 heavy (non-hydrogen) atoms. The van der Waals surface area contributed by atoms with Crippen LogP contribution in [0.15, 0.2) is 52.8 Å². The lowest BCUT2D eigenvalue weighted by atomic mass is 10.3. The summed E-state index contributed by atoms with van der Waals surface area (Å²) in [5.41, 5.74) is 2.31. The fraction of sp³-hybridized carbons (Fsp3) is 0.0714. The van der Waals surface area contributed by atoms with E-state index in [1.54, 1.807) is 36.5 Å². The number of aromatic nitrogens is 2. The first-order valence-corrected chi connectivity index (χ1v) is 6.70. The molecule has 0 bridgehead atoms. The normalized spacial score (nSPS) is 11.6. The van der Waals surface area contributed by atoms with Crippen molar-refractivity contribution >= 4 is 40.4 Å². The first-order chi connectivity index (χ1) is 9.63. The number of aryl methyl sites for hydroxylation is 1. The van der Waals surface area contributed by atoms with Crippen molar-refractivity contribution in [3.8, 4) is 0 Å². The van der Waals surface area contributed by atoms with E-state index in [0.717, 1.165) is 17.0 Å². The molecule has 0 spiro atoms. The van der Waals surface area contributed by atoms with Crippen molar-refractivity contribution in [1.29, 1.82) is 0 Å². The maximum atomic E-state index is 6.00. The molecule has 4 nitrogen and oxygen atoms in total. The Morgan fingerprint density at radius 1 is 0.950 bits per heavy atom. The highest BCUT2D eigenvalue weighted by molar-refractivity contribution is 6.30. The predicted molar refractivity (Wildman–Crippen MR) is 80.6 cm³/mol. The summed E-state index contributed by atoms with van der Waals surface area (Å²) in [6.45, 7) is 1.89. The van der Waals surface area contributed by atoms with Crippen LogP contribution in [0.2, 0.25) is 10.0 Å². The van der Waals surface area contributed by atoms with Gasteiger partial charge in [-0.3, -0.25) is 4.40 Å². The smallest absolute Gasteiger partial charge is 0.182 e. The van der Waals surface area contributed by atoms with E-state index in [1.165, 1.54) is 0 Å². The molecule has 0 saturated heterocycles. The molecule has 100 valence electrons. The molecule has 6 heteroatoms. The minimum atomic E-state index is 0.623. The first kappa shape index (κ1) is 13.1. The Kier molecular flexibility index (Phi) is 3.42. The fourth-order valence-corrected chi connectivity index (χ4v) is 2.14. The molecule has 0 radical (unpaired) electrons. The fourth-order valence-electron chi connectivity index (χ4n) is 1.86. The maximum absolute atomic E-state index is 6.00. The van der Waals surface area contributed by atoms with Crippen molar-refractivity contribution in [2.75, 3.05) is 0 Å². The summed E-state index contributed by atoms with van der Waals surface area (Å²) in [5, 5.41) is 9.74. The number of pyridine rings is 1. The van der Waals surface area contributed by atoms with Crippen LogP contribution >= 0.6 is 23.2 Å². The SMILES string of the molecule is Cc1nc2ccc(Cl)cn2c1N=Nc1ccc(Cl)cc1. The minimum absolute atomic E-state index is 0.623. The Balaban J connectivity index is 2.03. The van der Waals surface area contributed by atoms with Crippen LogP contribution in [0.5, 0.6) is 0 Å². The Labute approximate surface area is 125 Å². The lowest BCUT2D eigenvalue weighted by Gasteiger charge is -1.97. The second kappa shape index (κ2) is 5.23. The number of benzene rings is 1. The molecule has 2 aromatic heterocycles. The zero-order valence-corrected chi connectivity index (χ0v) is 12.1. The zero-order chi connectivity index (χ0) is 14.1. The zero-order valence-electron chi connectivity index (χ0n) is 10.6. The summed E-state index contributed by atoms with van der Waals surface area (Å²) in [7, 11) is 0. The van der Waals surface area contributed by atoms with Crippen molar-refractivity contribution in [2.45, 2.75) is 6.92 Å². The van der Waals surface area contributed by atoms with Crippen LogP contribution in [0, 0.1) is 6.92 Å². The predicted octanol–water partition coefficient (Wildman–Crippen LogP) is 5.36. The summed E-state index contributed by atoms with van der Waals surface area (Å²) < 4.78 is 1.82. The molecule has 0 aliphatic carbocycles. The van der Waals surface area contributed by atoms with Crippen LogP contribution in [0.1, 0.15) is 5.69 Å². The van der Waals surface area contributed by atoms with Crippen molar-refractivity contribution in [3.05, 3.63) is 58.3 Å². The van der Waals surface area contributed by atoms with Crippen LogP contribution in [-0.2, 0) is 0 Å². The third-order valence-electron chi connectivity index (χ3n) is 2.81. The lowest BCUT2D eigenvalue weighted by molar-refractivity contribution is 1.09. The maximum Gasteiger partial charge on any atom is 0.182 e. The summed E-state index contributed by atoms with van der Waals surface area (Å²) in [6.07, 6.45) is 1.77. The molecule has 1 aromatic carbocycles. The monoisotopic (exact) mass is 304 g/mol. The summed E-state index contributed by atoms with van der Waals surface area (Å²) in [5.74, 6) is 0.664. The summed E-state index contributed by atoms with van der Waals surface area (Å²) in [4.78, 5) is 4.41. The third kappa shape index (κ3) is 2.53. The van der Waals surface area contributed by atoms with Crippen molar-refractivity contribution in [1.82, 2.24) is 9.38 Å². The van der Waals surface area contributed by atoms with Gasteiger partial charge >= 0.3 is 0 Å². The Bertz CT molecular complexity index is 791. The van der Waals surface area contributed by atoms with Gasteiger partial charge in [-0.15, -0.1) is 10.2 Å². The van der Waals surface area contributed by atoms with Gasteiger partial charge in [0.1, 0.15) is 5.65 Å². The molecule has 3 aromatic rings. The van der Waals surface area contributed by atoms with Gasteiger partial charge in [0.05, 0.1) is 16.4 Å². The summed E-state index contributed by atoms with van der Waals surface area (Å²) in [6, 6.07) is 10.8. The highest BCUT2D eigenvalue weighted by Gasteiger charge is 2.08. The topological polar surface area (TPSA) is 42.0 Å². The molecule has 0 amide bonds. The van der Waals surface area contributed by atoms with E-state index in [-0.39, 0.29) is 0 Å². The van der Waals surface area contributed by atoms with Gasteiger partial charge in [0.25, 0.3) is 0 Å². The van der Waals surface area contributed by atoms with Crippen LogP contribution in [-0.4, -0.2) is 9.38 Å². The quantitative estimate of drug-likeness (QED) is 0.587. The van der Waals surface area contributed by atoms with Gasteiger partial charge in [0.2, 0.25) is 0 Å². The highest BCUT2D eigenvalue weighted by Crippen LogP contribution is 2.25. The van der Waals surface area contributed by atoms with E-state index in [4.69, 9.17) is 23.2 Å². The molecular formula is C14H10Cl2N4. The number of nitrogens with zero attached hydrogens (tertiary/aromatic N) is 4. The van der Waals surface area contributed by atoms with Crippen LogP contribution < -0.4 is 0 Å². The van der Waals surface area contributed by atoms with Crippen molar-refractivity contribution < 1.29 is 0 Å². The molecule has 0 unspecified atom stereocenters. The number of fused-ring (bicyclic) bond motifs is 1. The average molecular weight is 305 g/mol. The molecule has 0 N–H and O–H groups in total. The Hall–Kier alpha value is -1.91. The highest BCUT2D eigenvalue weighted by atomic mass is 35.5. The number of hydrogen-bond donors (Lipinski definition) is 0. The van der Waals surface area contributed by atoms with E-state index in [9.17, 15) is 0 Å². The van der Waals surface area contributed by atoms with Crippen molar-refractivity contribution in [3.63, 3.8) is 0 Å². The molecule has 3 rings (SSSR count). The Morgan fingerprint density at radius 3 is 2.40 bits per heavy atom. The van der Waals surface area contributed by atoms with Crippen LogP contribution in [0.25, 0.3) is 5.65 Å². The van der Waals surface area contributed by atoms with Gasteiger partial charge in [-0.05, 0) is 43.3 Å². The van der Waals surface area contributed by atoms with Gasteiger partial charge in [-0.1, -0.05) is 23.2 Å². The van der Waals surface area contributed by atoms with Crippen LogP contribution in [0.3, 0.4) is 0 Å². The third-order valence-corrected chi connectivity index (χ3v) is 3.29. The molecule has 0 fully saturated rings. The molecule has 0 aliphatic rings. The number of hydrogen-bond acceptors (Lipinski definition) is 3. The standard InChI is InChI=1S/C14H10Cl2N4/c1-9-14(19-18-12-5-2-10(15)3-6-12)20-8-11(16)4-7-13(20)17-9/h2-8H,1H3. The van der Waals surface area contributed by atoms with Gasteiger partial charge in [0.15, 0.2) is 5.82 Å². The number of imidazole rings is 1.